The molecule has 7 heteroatoms. The summed E-state index contributed by atoms with van der Waals surface area (Å²) in [4.78, 5) is 26.7. The maximum Gasteiger partial charge on any atom is 0.265 e. The van der Waals surface area contributed by atoms with Gasteiger partial charge in [0.25, 0.3) is 11.8 Å². The topological polar surface area (TPSA) is 108 Å². The lowest BCUT2D eigenvalue weighted by Gasteiger charge is -2.15. The number of hydrogen-bond donors (Lipinski definition) is 4. The van der Waals surface area contributed by atoms with Crippen molar-refractivity contribution in [2.24, 2.45) is 5.73 Å². The quantitative estimate of drug-likeness (QED) is 0.638. The van der Waals surface area contributed by atoms with Crippen LogP contribution in [0.2, 0.25) is 0 Å². The van der Waals surface area contributed by atoms with Crippen LogP contribution in [0.25, 0.3) is 0 Å². The molecule has 2 rings (SSSR count). The van der Waals surface area contributed by atoms with Gasteiger partial charge in [-0.25, -0.2) is 0 Å². The molecule has 2 amide bonds. The van der Waals surface area contributed by atoms with Crippen molar-refractivity contribution in [3.63, 3.8) is 0 Å². The summed E-state index contributed by atoms with van der Waals surface area (Å²) in [6.07, 6.45) is 1.86. The van der Waals surface area contributed by atoms with Gasteiger partial charge in [0.1, 0.15) is 5.69 Å². The minimum Gasteiger partial charge on any atom is -0.396 e. The van der Waals surface area contributed by atoms with E-state index in [2.05, 4.69) is 10.3 Å². The lowest BCUT2D eigenvalue weighted by atomic mass is 10.1. The molecule has 6 nitrogen and oxygen atoms in total. The van der Waals surface area contributed by atoms with Crippen molar-refractivity contribution in [3.05, 3.63) is 45.9 Å². The summed E-state index contributed by atoms with van der Waals surface area (Å²) < 4.78 is 0. The van der Waals surface area contributed by atoms with E-state index in [4.69, 9.17) is 10.8 Å². The molecule has 0 radical (unpaired) electrons. The van der Waals surface area contributed by atoms with E-state index >= 15 is 0 Å². The normalized spacial score (nSPS) is 12.1. The van der Waals surface area contributed by atoms with E-state index in [-0.39, 0.29) is 24.2 Å². The second-order valence-corrected chi connectivity index (χ2v) is 5.20. The summed E-state index contributed by atoms with van der Waals surface area (Å²) in [6.45, 7) is -0.0253. The molecule has 2 heterocycles. The molecule has 0 aromatic carbocycles. The van der Waals surface area contributed by atoms with Crippen molar-refractivity contribution < 1.29 is 14.7 Å². The number of aromatic nitrogens is 1. The number of H-pyrrole nitrogens is 1. The summed E-state index contributed by atoms with van der Waals surface area (Å²) in [5, 5.41) is 13.8. The molecule has 0 fully saturated rings. The Bertz CT molecular complexity index is 592. The monoisotopic (exact) mass is 293 g/mol. The summed E-state index contributed by atoms with van der Waals surface area (Å²) in [7, 11) is 0. The number of rotatable bonds is 6. The maximum atomic E-state index is 12.1. The predicted molar refractivity (Wildman–Crippen MR) is 75.5 cm³/mol. The number of amides is 2. The van der Waals surface area contributed by atoms with Gasteiger partial charge < -0.3 is 21.1 Å². The van der Waals surface area contributed by atoms with Crippen LogP contribution in [0, 0.1) is 0 Å². The van der Waals surface area contributed by atoms with E-state index in [9.17, 15) is 9.59 Å². The number of nitrogens with two attached hydrogens (primary N) is 1. The first-order valence-corrected chi connectivity index (χ1v) is 6.93. The standard InChI is InChI=1S/C13H15N3O3S/c14-12(18)10-6-8(7-15-10)13(19)16-9(3-4-17)11-2-1-5-20-11/h1-2,5-7,9,15,17H,3-4H2,(H2,14,18)(H,16,19). The van der Waals surface area contributed by atoms with E-state index in [1.807, 2.05) is 17.5 Å². The summed E-state index contributed by atoms with van der Waals surface area (Å²) >= 11 is 1.51. The van der Waals surface area contributed by atoms with Gasteiger partial charge in [-0.1, -0.05) is 6.07 Å². The van der Waals surface area contributed by atoms with E-state index in [0.29, 0.717) is 12.0 Å². The highest BCUT2D eigenvalue weighted by atomic mass is 32.1. The van der Waals surface area contributed by atoms with Gasteiger partial charge >= 0.3 is 0 Å². The lowest BCUT2D eigenvalue weighted by Crippen LogP contribution is -2.28. The Kier molecular flexibility index (Phi) is 4.54. The van der Waals surface area contributed by atoms with Crippen molar-refractivity contribution in [1.29, 1.82) is 0 Å². The van der Waals surface area contributed by atoms with Gasteiger partial charge in [-0.3, -0.25) is 9.59 Å². The number of aliphatic hydroxyl groups is 1. The molecular weight excluding hydrogens is 278 g/mol. The fourth-order valence-corrected chi connectivity index (χ4v) is 2.63. The van der Waals surface area contributed by atoms with Gasteiger partial charge in [0.15, 0.2) is 0 Å². The molecule has 2 aromatic rings. The number of nitrogens with one attached hydrogen (secondary N) is 2. The number of aromatic amines is 1. The zero-order valence-electron chi connectivity index (χ0n) is 10.6. The Morgan fingerprint density at radius 3 is 2.85 bits per heavy atom. The lowest BCUT2D eigenvalue weighted by molar-refractivity contribution is 0.0930. The smallest absolute Gasteiger partial charge is 0.265 e. The third-order valence-corrected chi connectivity index (χ3v) is 3.81. The van der Waals surface area contributed by atoms with Gasteiger partial charge in [0.05, 0.1) is 11.6 Å². The average molecular weight is 293 g/mol. The van der Waals surface area contributed by atoms with Crippen LogP contribution in [0.3, 0.4) is 0 Å². The number of carbonyl (C=O) groups is 2. The van der Waals surface area contributed by atoms with Crippen LogP contribution in [0.5, 0.6) is 0 Å². The molecule has 2 aromatic heterocycles. The van der Waals surface area contributed by atoms with E-state index in [1.54, 1.807) is 0 Å². The Morgan fingerprint density at radius 2 is 2.30 bits per heavy atom. The van der Waals surface area contributed by atoms with E-state index < -0.39 is 5.91 Å². The van der Waals surface area contributed by atoms with Crippen LogP contribution in [-0.2, 0) is 0 Å². The average Bonchev–Trinajstić information content (AvgIpc) is 3.09. The number of aliphatic hydroxyl groups excluding tert-OH is 1. The molecule has 1 unspecified atom stereocenters. The first kappa shape index (κ1) is 14.3. The van der Waals surface area contributed by atoms with Crippen LogP contribution in [-0.4, -0.2) is 28.5 Å². The minimum atomic E-state index is -0.616. The molecule has 0 aliphatic carbocycles. The Balaban J connectivity index is 2.09. The minimum absolute atomic E-state index is 0.0253. The zero-order valence-corrected chi connectivity index (χ0v) is 11.4. The van der Waals surface area contributed by atoms with Gasteiger partial charge in [-0.15, -0.1) is 11.3 Å². The van der Waals surface area contributed by atoms with Crippen molar-refractivity contribution in [1.82, 2.24) is 10.3 Å². The van der Waals surface area contributed by atoms with Crippen LogP contribution < -0.4 is 11.1 Å². The molecular formula is C13H15N3O3S. The van der Waals surface area contributed by atoms with Crippen molar-refractivity contribution >= 4 is 23.2 Å². The molecule has 106 valence electrons. The molecule has 5 N–H and O–H groups in total. The number of carbonyl (C=O) groups excluding carboxylic acids is 2. The summed E-state index contributed by atoms with van der Waals surface area (Å²) in [5.41, 5.74) is 5.64. The fraction of sp³-hybridized carbons (Fsp3) is 0.231. The highest BCUT2D eigenvalue weighted by molar-refractivity contribution is 7.10. The second kappa shape index (κ2) is 6.36. The first-order chi connectivity index (χ1) is 9.61. The number of hydrogen-bond acceptors (Lipinski definition) is 4. The van der Waals surface area contributed by atoms with Crippen LogP contribution in [0.4, 0.5) is 0 Å². The largest absolute Gasteiger partial charge is 0.396 e. The first-order valence-electron chi connectivity index (χ1n) is 6.05. The van der Waals surface area contributed by atoms with E-state index in [1.165, 1.54) is 23.6 Å². The van der Waals surface area contributed by atoms with Crippen molar-refractivity contribution in [2.45, 2.75) is 12.5 Å². The SMILES string of the molecule is NC(=O)c1cc(C(=O)NC(CCO)c2cccs2)c[nH]1. The highest BCUT2D eigenvalue weighted by Crippen LogP contribution is 2.22. The van der Waals surface area contributed by atoms with Crippen LogP contribution >= 0.6 is 11.3 Å². The van der Waals surface area contributed by atoms with Gasteiger partial charge in [-0.05, 0) is 23.9 Å². The third-order valence-electron chi connectivity index (χ3n) is 2.82. The summed E-state index contributed by atoms with van der Waals surface area (Å²) in [6, 6.07) is 4.94. The molecule has 0 saturated carbocycles. The molecule has 0 aliphatic heterocycles. The van der Waals surface area contributed by atoms with Crippen LogP contribution in [0.15, 0.2) is 29.8 Å². The Morgan fingerprint density at radius 1 is 1.50 bits per heavy atom. The summed E-state index contributed by atoms with van der Waals surface area (Å²) in [5.74, 6) is -0.935. The molecule has 0 bridgehead atoms. The number of primary amides is 1. The van der Waals surface area contributed by atoms with Gasteiger partial charge in [-0.2, -0.15) is 0 Å². The Hall–Kier alpha value is -2.12. The third kappa shape index (κ3) is 3.25. The zero-order chi connectivity index (χ0) is 14.5. The fourth-order valence-electron chi connectivity index (χ4n) is 1.81. The highest BCUT2D eigenvalue weighted by Gasteiger charge is 2.17. The van der Waals surface area contributed by atoms with Gasteiger partial charge in [0, 0.05) is 17.7 Å². The van der Waals surface area contributed by atoms with Gasteiger partial charge in [0.2, 0.25) is 0 Å². The molecule has 0 saturated heterocycles. The molecule has 0 spiro atoms. The predicted octanol–water partition coefficient (Wildman–Crippen LogP) is 1.03. The number of thiophene rings is 1. The van der Waals surface area contributed by atoms with Crippen LogP contribution in [0.1, 0.15) is 38.2 Å². The molecule has 20 heavy (non-hydrogen) atoms. The molecule has 1 atom stereocenters. The van der Waals surface area contributed by atoms with E-state index in [0.717, 1.165) is 4.88 Å². The Labute approximate surface area is 119 Å². The van der Waals surface area contributed by atoms with Crippen molar-refractivity contribution in [3.8, 4) is 0 Å². The second-order valence-electron chi connectivity index (χ2n) is 4.22. The maximum absolute atomic E-state index is 12.1. The molecule has 0 aliphatic rings. The van der Waals surface area contributed by atoms with Crippen molar-refractivity contribution in [2.75, 3.05) is 6.61 Å².